The number of piperidine rings is 1. The number of aliphatic hydroxyl groups is 1. The summed E-state index contributed by atoms with van der Waals surface area (Å²) >= 11 is 0. The molecule has 6 atom stereocenters. The number of rotatable bonds is 2. The Morgan fingerprint density at radius 3 is 2.92 bits per heavy atom. The first kappa shape index (κ1) is 16.1. The predicted molar refractivity (Wildman–Crippen MR) is 93.3 cm³/mol. The molecule has 0 aromatic heterocycles. The average molecular weight is 357 g/mol. The van der Waals surface area contributed by atoms with Gasteiger partial charge in [0.2, 0.25) is 0 Å². The van der Waals surface area contributed by atoms with E-state index in [9.17, 15) is 9.90 Å². The van der Waals surface area contributed by atoms with Gasteiger partial charge >= 0.3 is 5.97 Å². The number of likely N-dealkylation sites (N-methyl/N-ethyl adjacent to an activating group) is 1. The third-order valence-corrected chi connectivity index (χ3v) is 6.69. The largest absolute Gasteiger partial charge is 0.493 e. The molecule has 1 fully saturated rings. The lowest BCUT2D eigenvalue weighted by molar-refractivity contribution is -0.153. The normalized spacial score (nSPS) is 39.2. The van der Waals surface area contributed by atoms with E-state index >= 15 is 0 Å². The van der Waals surface area contributed by atoms with E-state index in [1.54, 1.807) is 7.11 Å². The minimum absolute atomic E-state index is 0.0174. The first-order chi connectivity index (χ1) is 12.5. The van der Waals surface area contributed by atoms with Gasteiger partial charge in [-0.2, -0.15) is 0 Å². The van der Waals surface area contributed by atoms with Gasteiger partial charge in [-0.1, -0.05) is 12.1 Å². The SMILES string of the molecule is COc1ccc2c3c1O[C@H]1[C@@H](OC(C)=O)C=C[C@H]4[C@@H](C2O)N(C)CC[C@@]341. The summed E-state index contributed by atoms with van der Waals surface area (Å²) in [7, 11) is 3.68. The van der Waals surface area contributed by atoms with Crippen LogP contribution in [0.2, 0.25) is 0 Å². The molecule has 0 saturated carbocycles. The molecular formula is C20H23NO5. The Labute approximate surface area is 152 Å². The van der Waals surface area contributed by atoms with Crippen molar-refractivity contribution in [3.63, 3.8) is 0 Å². The van der Waals surface area contributed by atoms with Crippen molar-refractivity contribution in [1.29, 1.82) is 0 Å². The van der Waals surface area contributed by atoms with Crippen molar-refractivity contribution in [2.24, 2.45) is 5.92 Å². The Morgan fingerprint density at radius 1 is 1.38 bits per heavy atom. The summed E-state index contributed by atoms with van der Waals surface area (Å²) in [5.74, 6) is 1.15. The van der Waals surface area contributed by atoms with Gasteiger partial charge in [-0.15, -0.1) is 0 Å². The summed E-state index contributed by atoms with van der Waals surface area (Å²) in [6.07, 6.45) is 3.61. The second kappa shape index (κ2) is 5.24. The summed E-state index contributed by atoms with van der Waals surface area (Å²) in [5, 5.41) is 11.1. The Hall–Kier alpha value is -2.05. The molecular weight excluding hydrogens is 334 g/mol. The Bertz CT molecular complexity index is 821. The molecule has 1 aromatic rings. The zero-order valence-corrected chi connectivity index (χ0v) is 15.1. The lowest BCUT2D eigenvalue weighted by atomic mass is 9.52. The zero-order chi connectivity index (χ0) is 18.2. The maximum absolute atomic E-state index is 11.6. The molecule has 6 heteroatoms. The van der Waals surface area contributed by atoms with Crippen molar-refractivity contribution < 1.29 is 24.1 Å². The van der Waals surface area contributed by atoms with Crippen LogP contribution in [0.1, 0.15) is 30.6 Å². The van der Waals surface area contributed by atoms with E-state index in [0.29, 0.717) is 11.5 Å². The van der Waals surface area contributed by atoms with Crippen LogP contribution in [0.15, 0.2) is 24.3 Å². The van der Waals surface area contributed by atoms with Crippen LogP contribution in [0.3, 0.4) is 0 Å². The van der Waals surface area contributed by atoms with Gasteiger partial charge in [0, 0.05) is 29.9 Å². The fraction of sp³-hybridized carbons (Fsp3) is 0.550. The van der Waals surface area contributed by atoms with Crippen LogP contribution in [0.4, 0.5) is 0 Å². The summed E-state index contributed by atoms with van der Waals surface area (Å²) in [5.41, 5.74) is 1.66. The monoisotopic (exact) mass is 357 g/mol. The number of esters is 1. The van der Waals surface area contributed by atoms with Gasteiger partial charge < -0.3 is 19.3 Å². The maximum Gasteiger partial charge on any atom is 0.303 e. The standard InChI is InChI=1S/C20H23NO5/c1-10(22)25-14-7-5-12-16-17(23)11-4-6-13(24-3)18-15(11)20(12,19(14)26-18)8-9-21(16)2/h4-7,12,14,16-17,19,23H,8-9H2,1-3H3/t12-,14-,16-,17?,19-,20-/m0/s1. The number of carbonyl (C=O) groups excluding carboxylic acids is 1. The van der Waals surface area contributed by atoms with E-state index in [1.807, 2.05) is 18.2 Å². The molecule has 0 amide bonds. The number of methoxy groups -OCH3 is 1. The van der Waals surface area contributed by atoms with Gasteiger partial charge in [0.1, 0.15) is 6.10 Å². The fourth-order valence-corrected chi connectivity index (χ4v) is 5.73. The van der Waals surface area contributed by atoms with Crippen LogP contribution in [0.5, 0.6) is 11.5 Å². The number of likely N-dealkylation sites (tertiary alicyclic amines) is 1. The van der Waals surface area contributed by atoms with Gasteiger partial charge in [0.15, 0.2) is 17.6 Å². The number of hydrogen-bond acceptors (Lipinski definition) is 6. The highest BCUT2D eigenvalue weighted by molar-refractivity contribution is 5.67. The summed E-state index contributed by atoms with van der Waals surface area (Å²) in [6, 6.07) is 3.80. The molecule has 138 valence electrons. The molecule has 1 aromatic carbocycles. The van der Waals surface area contributed by atoms with Crippen molar-refractivity contribution in [3.8, 4) is 11.5 Å². The Kier molecular flexibility index (Phi) is 3.25. The Balaban J connectivity index is 1.77. The summed E-state index contributed by atoms with van der Waals surface area (Å²) in [4.78, 5) is 13.9. The fourth-order valence-electron chi connectivity index (χ4n) is 5.73. The third kappa shape index (κ3) is 1.76. The number of benzene rings is 1. The molecule has 0 radical (unpaired) electrons. The number of hydrogen-bond donors (Lipinski definition) is 1. The Morgan fingerprint density at radius 2 is 2.19 bits per heavy atom. The molecule has 6 nitrogen and oxygen atoms in total. The molecule has 1 unspecified atom stereocenters. The molecule has 4 aliphatic rings. The van der Waals surface area contributed by atoms with Crippen LogP contribution in [0, 0.1) is 5.92 Å². The number of aliphatic hydroxyl groups excluding tert-OH is 1. The van der Waals surface area contributed by atoms with Gasteiger partial charge in [0.25, 0.3) is 0 Å². The second-order valence-electron chi connectivity index (χ2n) is 7.79. The number of nitrogens with zero attached hydrogens (tertiary/aromatic N) is 1. The molecule has 1 N–H and O–H groups in total. The molecule has 1 spiro atoms. The number of carbonyl (C=O) groups is 1. The van der Waals surface area contributed by atoms with E-state index in [0.717, 1.165) is 24.1 Å². The van der Waals surface area contributed by atoms with E-state index in [1.165, 1.54) is 6.92 Å². The first-order valence-corrected chi connectivity index (χ1v) is 9.11. The van der Waals surface area contributed by atoms with Crippen LogP contribution >= 0.6 is 0 Å². The molecule has 2 heterocycles. The average Bonchev–Trinajstić information content (AvgIpc) is 2.96. The van der Waals surface area contributed by atoms with Crippen molar-refractivity contribution in [3.05, 3.63) is 35.4 Å². The minimum atomic E-state index is -0.588. The molecule has 1 saturated heterocycles. The number of ether oxygens (including phenoxy) is 3. The van der Waals surface area contributed by atoms with Crippen molar-refractivity contribution in [2.45, 2.75) is 43.1 Å². The quantitative estimate of drug-likeness (QED) is 0.640. The molecule has 2 bridgehead atoms. The van der Waals surface area contributed by atoms with Crippen molar-refractivity contribution in [1.82, 2.24) is 4.90 Å². The van der Waals surface area contributed by atoms with E-state index < -0.39 is 12.2 Å². The second-order valence-corrected chi connectivity index (χ2v) is 7.79. The third-order valence-electron chi connectivity index (χ3n) is 6.69. The van der Waals surface area contributed by atoms with Crippen LogP contribution in [0.25, 0.3) is 0 Å². The molecule has 5 rings (SSSR count). The topological polar surface area (TPSA) is 68.2 Å². The van der Waals surface area contributed by atoms with Crippen LogP contribution in [-0.2, 0) is 14.9 Å². The molecule has 2 aliphatic heterocycles. The lowest BCUT2D eigenvalue weighted by Gasteiger charge is -2.57. The van der Waals surface area contributed by atoms with E-state index in [-0.39, 0.29) is 29.4 Å². The molecule has 2 aliphatic carbocycles. The predicted octanol–water partition coefficient (Wildman–Crippen LogP) is 1.56. The zero-order valence-electron chi connectivity index (χ0n) is 15.1. The van der Waals surface area contributed by atoms with E-state index in [4.69, 9.17) is 14.2 Å². The van der Waals surface area contributed by atoms with Crippen molar-refractivity contribution >= 4 is 5.97 Å². The van der Waals surface area contributed by atoms with Gasteiger partial charge in [-0.25, -0.2) is 0 Å². The van der Waals surface area contributed by atoms with Crippen LogP contribution < -0.4 is 9.47 Å². The van der Waals surface area contributed by atoms with Gasteiger partial charge in [-0.05, 0) is 37.7 Å². The highest BCUT2D eigenvalue weighted by Gasteiger charge is 2.66. The minimum Gasteiger partial charge on any atom is -0.493 e. The summed E-state index contributed by atoms with van der Waals surface area (Å²) in [6.45, 7) is 2.28. The van der Waals surface area contributed by atoms with Gasteiger partial charge in [-0.3, -0.25) is 9.69 Å². The van der Waals surface area contributed by atoms with Crippen molar-refractivity contribution in [2.75, 3.05) is 20.7 Å². The summed E-state index contributed by atoms with van der Waals surface area (Å²) < 4.78 is 17.5. The lowest BCUT2D eigenvalue weighted by Crippen LogP contribution is -2.66. The molecule has 26 heavy (non-hydrogen) atoms. The first-order valence-electron chi connectivity index (χ1n) is 9.11. The van der Waals surface area contributed by atoms with E-state index in [2.05, 4.69) is 18.0 Å². The smallest absolute Gasteiger partial charge is 0.303 e. The van der Waals surface area contributed by atoms with Crippen LogP contribution in [-0.4, -0.2) is 54.9 Å². The highest BCUT2D eigenvalue weighted by Crippen LogP contribution is 2.64. The van der Waals surface area contributed by atoms with Gasteiger partial charge in [0.05, 0.1) is 13.2 Å². The highest BCUT2D eigenvalue weighted by atomic mass is 16.6. The maximum atomic E-state index is 11.6.